The van der Waals surface area contributed by atoms with Crippen molar-refractivity contribution < 1.29 is 9.47 Å². The molecule has 29 heavy (non-hydrogen) atoms. The molecule has 0 bridgehead atoms. The second-order valence-electron chi connectivity index (χ2n) is 6.43. The van der Waals surface area contributed by atoms with Gasteiger partial charge >= 0.3 is 0 Å². The van der Waals surface area contributed by atoms with E-state index in [-0.39, 0.29) is 16.3 Å². The van der Waals surface area contributed by atoms with Crippen LogP contribution in [0.25, 0.3) is 23.1 Å². The third kappa shape index (κ3) is 3.58. The number of fused-ring (bicyclic) bond motifs is 1. The molecule has 0 fully saturated rings. The minimum Gasteiger partial charge on any atom is -0.493 e. The highest BCUT2D eigenvalue weighted by atomic mass is 16.5. The van der Waals surface area contributed by atoms with Crippen LogP contribution in [0.4, 0.5) is 0 Å². The Morgan fingerprint density at radius 1 is 0.828 bits per heavy atom. The van der Waals surface area contributed by atoms with E-state index >= 15 is 0 Å². The number of aromatic nitrogens is 3. The lowest BCUT2D eigenvalue weighted by molar-refractivity contribution is 0.355. The minimum atomic E-state index is -0.398. The summed E-state index contributed by atoms with van der Waals surface area (Å²) in [6.07, 6.45) is 5.03. The highest BCUT2D eigenvalue weighted by Crippen LogP contribution is 2.27. The fourth-order valence-electron chi connectivity index (χ4n) is 3.17. The van der Waals surface area contributed by atoms with Crippen LogP contribution >= 0.6 is 0 Å². The van der Waals surface area contributed by atoms with Gasteiger partial charge in [0.05, 0.1) is 14.2 Å². The van der Waals surface area contributed by atoms with Gasteiger partial charge in [-0.15, -0.1) is 0 Å². The summed E-state index contributed by atoms with van der Waals surface area (Å²) in [6.45, 7) is 0. The quantitative estimate of drug-likeness (QED) is 0.489. The molecule has 4 rings (SSSR count). The van der Waals surface area contributed by atoms with Crippen molar-refractivity contribution in [1.82, 2.24) is 15.0 Å². The summed E-state index contributed by atoms with van der Waals surface area (Å²) in [5, 5.41) is 1.30. The third-order valence-electron chi connectivity index (χ3n) is 4.63. The van der Waals surface area contributed by atoms with Gasteiger partial charge in [0, 0.05) is 22.7 Å². The lowest BCUT2D eigenvalue weighted by atomic mass is 10.1. The first kappa shape index (κ1) is 18.4. The molecule has 2 heterocycles. The van der Waals surface area contributed by atoms with Crippen LogP contribution in [-0.2, 0) is 0 Å². The van der Waals surface area contributed by atoms with Crippen molar-refractivity contribution in [2.75, 3.05) is 14.2 Å². The SMILES string of the molecule is COc1ccc(/C=c2\[nH]c(=O)/c(=C/c3c[nH]c4ccccc34)[nH]c2=O)cc1OC. The van der Waals surface area contributed by atoms with Crippen LogP contribution in [0, 0.1) is 0 Å². The van der Waals surface area contributed by atoms with E-state index in [1.807, 2.05) is 24.3 Å². The molecule has 0 amide bonds. The van der Waals surface area contributed by atoms with Crippen LogP contribution < -0.4 is 31.3 Å². The van der Waals surface area contributed by atoms with Crippen LogP contribution in [-0.4, -0.2) is 29.2 Å². The van der Waals surface area contributed by atoms with Crippen LogP contribution in [0.3, 0.4) is 0 Å². The Balaban J connectivity index is 1.81. The van der Waals surface area contributed by atoms with Gasteiger partial charge in [-0.1, -0.05) is 24.3 Å². The molecule has 0 spiro atoms. The second kappa shape index (κ2) is 7.55. The van der Waals surface area contributed by atoms with Gasteiger partial charge in [0.15, 0.2) is 11.5 Å². The van der Waals surface area contributed by atoms with E-state index in [1.54, 1.807) is 43.7 Å². The summed E-state index contributed by atoms with van der Waals surface area (Å²) in [7, 11) is 3.08. The summed E-state index contributed by atoms with van der Waals surface area (Å²) in [4.78, 5) is 33.5. The zero-order valence-electron chi connectivity index (χ0n) is 15.9. The molecule has 0 unspecified atom stereocenters. The van der Waals surface area contributed by atoms with Crippen molar-refractivity contribution >= 4 is 23.1 Å². The zero-order chi connectivity index (χ0) is 20.4. The Hall–Kier alpha value is -4.00. The van der Waals surface area contributed by atoms with E-state index in [9.17, 15) is 9.59 Å². The Kier molecular flexibility index (Phi) is 4.78. The van der Waals surface area contributed by atoms with Crippen LogP contribution in [0.5, 0.6) is 11.5 Å². The lowest BCUT2D eigenvalue weighted by Crippen LogP contribution is -2.46. The minimum absolute atomic E-state index is 0.151. The normalized spacial score (nSPS) is 12.5. The maximum Gasteiger partial charge on any atom is 0.272 e. The zero-order valence-corrected chi connectivity index (χ0v) is 15.9. The number of hydrogen-bond donors (Lipinski definition) is 3. The molecule has 4 aromatic rings. The highest BCUT2D eigenvalue weighted by molar-refractivity contribution is 5.88. The maximum absolute atomic E-state index is 12.5. The van der Waals surface area contributed by atoms with Crippen LogP contribution in [0.2, 0.25) is 0 Å². The summed E-state index contributed by atoms with van der Waals surface area (Å²) in [5.74, 6) is 1.11. The molecule has 3 N–H and O–H groups in total. The van der Waals surface area contributed by atoms with Crippen molar-refractivity contribution in [2.45, 2.75) is 0 Å². The predicted octanol–water partition coefficient (Wildman–Crippen LogP) is 1.22. The lowest BCUT2D eigenvalue weighted by Gasteiger charge is -2.07. The summed E-state index contributed by atoms with van der Waals surface area (Å²) >= 11 is 0. The van der Waals surface area contributed by atoms with Gasteiger partial charge in [0.1, 0.15) is 10.7 Å². The van der Waals surface area contributed by atoms with Gasteiger partial charge in [0.25, 0.3) is 11.1 Å². The van der Waals surface area contributed by atoms with E-state index in [0.717, 1.165) is 16.5 Å². The molecule has 0 saturated carbocycles. The first-order chi connectivity index (χ1) is 14.1. The summed E-state index contributed by atoms with van der Waals surface area (Å²) < 4.78 is 10.5. The Bertz CT molecular complexity index is 1430. The topological polar surface area (TPSA) is 100.0 Å². The van der Waals surface area contributed by atoms with Gasteiger partial charge in [-0.25, -0.2) is 0 Å². The number of ether oxygens (including phenoxy) is 2. The number of benzene rings is 2. The van der Waals surface area contributed by atoms with E-state index < -0.39 is 5.56 Å². The summed E-state index contributed by atoms with van der Waals surface area (Å²) in [6, 6.07) is 13.0. The van der Waals surface area contributed by atoms with E-state index in [4.69, 9.17) is 9.47 Å². The fourth-order valence-corrected chi connectivity index (χ4v) is 3.17. The first-order valence-corrected chi connectivity index (χ1v) is 8.93. The maximum atomic E-state index is 12.5. The molecule has 0 atom stereocenters. The smallest absolute Gasteiger partial charge is 0.272 e. The fraction of sp³-hybridized carbons (Fsp3) is 0.0909. The molecule has 0 aliphatic carbocycles. The molecule has 0 aliphatic rings. The second-order valence-corrected chi connectivity index (χ2v) is 6.43. The average molecular weight is 389 g/mol. The number of hydrogen-bond acceptors (Lipinski definition) is 4. The Morgan fingerprint density at radius 3 is 2.24 bits per heavy atom. The van der Waals surface area contributed by atoms with E-state index in [2.05, 4.69) is 15.0 Å². The molecule has 0 saturated heterocycles. The van der Waals surface area contributed by atoms with Crippen LogP contribution in [0.1, 0.15) is 11.1 Å². The Morgan fingerprint density at radius 2 is 1.52 bits per heavy atom. The third-order valence-corrected chi connectivity index (χ3v) is 4.63. The molecular formula is C22H19N3O4. The molecular weight excluding hydrogens is 370 g/mol. The number of nitrogens with one attached hydrogen (secondary N) is 3. The van der Waals surface area contributed by atoms with Crippen molar-refractivity contribution in [3.63, 3.8) is 0 Å². The van der Waals surface area contributed by atoms with Gasteiger partial charge < -0.3 is 24.4 Å². The van der Waals surface area contributed by atoms with Crippen molar-refractivity contribution in [3.8, 4) is 11.5 Å². The highest BCUT2D eigenvalue weighted by Gasteiger charge is 2.05. The first-order valence-electron chi connectivity index (χ1n) is 8.93. The van der Waals surface area contributed by atoms with E-state index in [1.165, 1.54) is 7.11 Å². The van der Waals surface area contributed by atoms with Gasteiger partial charge in [-0.2, -0.15) is 0 Å². The van der Waals surface area contributed by atoms with Gasteiger partial charge in [0.2, 0.25) is 0 Å². The van der Waals surface area contributed by atoms with E-state index in [0.29, 0.717) is 17.1 Å². The molecule has 2 aromatic heterocycles. The van der Waals surface area contributed by atoms with Crippen molar-refractivity contribution in [2.24, 2.45) is 0 Å². The van der Waals surface area contributed by atoms with Crippen LogP contribution in [0.15, 0.2) is 58.3 Å². The molecule has 146 valence electrons. The monoisotopic (exact) mass is 389 g/mol. The number of para-hydroxylation sites is 1. The number of aromatic amines is 3. The molecule has 0 radical (unpaired) electrons. The van der Waals surface area contributed by atoms with Gasteiger partial charge in [-0.3, -0.25) is 9.59 Å². The number of rotatable bonds is 4. The predicted molar refractivity (Wildman–Crippen MR) is 112 cm³/mol. The van der Waals surface area contributed by atoms with Crippen molar-refractivity contribution in [1.29, 1.82) is 0 Å². The molecule has 7 heteroatoms. The molecule has 2 aromatic carbocycles. The van der Waals surface area contributed by atoms with Gasteiger partial charge in [-0.05, 0) is 35.9 Å². The largest absolute Gasteiger partial charge is 0.493 e. The number of methoxy groups -OCH3 is 2. The average Bonchev–Trinajstić information content (AvgIpc) is 3.14. The van der Waals surface area contributed by atoms with Crippen molar-refractivity contribution in [3.05, 3.63) is 91.2 Å². The number of H-pyrrole nitrogens is 3. The molecule has 0 aliphatic heterocycles. The standard InChI is InChI=1S/C22H19N3O4/c1-28-19-8-7-13(10-20(19)29-2)9-17-21(26)25-18(22(27)24-17)11-14-12-23-16-6-4-3-5-15(14)16/h3-12,23H,1-2H3,(H,24,27)(H,25,26)/b17-9-,18-11-. The Labute approximate surface area is 165 Å². The summed E-state index contributed by atoms with van der Waals surface area (Å²) in [5.41, 5.74) is 1.68. The molecule has 7 nitrogen and oxygen atoms in total.